The van der Waals surface area contributed by atoms with E-state index in [1.54, 1.807) is 0 Å². The molecule has 0 radical (unpaired) electrons. The second kappa shape index (κ2) is 13.1. The van der Waals surface area contributed by atoms with Crippen LogP contribution in [0.3, 0.4) is 0 Å². The summed E-state index contributed by atoms with van der Waals surface area (Å²) < 4.78 is 9.08. The van der Waals surface area contributed by atoms with E-state index in [9.17, 15) is 0 Å². The van der Waals surface area contributed by atoms with Gasteiger partial charge in [-0.1, -0.05) is 188 Å². The highest BCUT2D eigenvalue weighted by Gasteiger charge is 2.34. The summed E-state index contributed by atoms with van der Waals surface area (Å²) in [6, 6.07) is 67.0. The molecule has 2 heterocycles. The summed E-state index contributed by atoms with van der Waals surface area (Å²) in [5, 5.41) is 12.7. The van der Waals surface area contributed by atoms with Gasteiger partial charge in [0.1, 0.15) is 11.2 Å². The maximum atomic E-state index is 6.43. The van der Waals surface area contributed by atoms with Crippen LogP contribution in [-0.2, 0) is 0 Å². The number of furan rings is 1. The van der Waals surface area contributed by atoms with Gasteiger partial charge in [0.25, 0.3) is 0 Å². The Balaban J connectivity index is 1.06. The number of thiophene rings is 1. The molecular weight excluding hydrogens is 745 g/mol. The molecule has 2 aromatic heterocycles. The molecule has 0 saturated heterocycles. The number of hydrogen-bond acceptors (Lipinski definition) is 2. The monoisotopic (exact) mass is 780 g/mol. The lowest BCUT2D eigenvalue weighted by Crippen LogP contribution is -2.40. The van der Waals surface area contributed by atoms with E-state index in [0.29, 0.717) is 0 Å². The zero-order valence-electron chi connectivity index (χ0n) is 32.6. The van der Waals surface area contributed by atoms with Crippen molar-refractivity contribution in [2.24, 2.45) is 11.8 Å². The summed E-state index contributed by atoms with van der Waals surface area (Å²) in [4.78, 5) is 0. The molecule has 13 rings (SSSR count). The van der Waals surface area contributed by atoms with Crippen molar-refractivity contribution in [1.82, 2.24) is 0 Å². The first-order valence-corrected chi connectivity index (χ1v) is 21.7. The largest absolute Gasteiger partial charge is 0.456 e. The van der Waals surface area contributed by atoms with Crippen molar-refractivity contribution in [3.63, 3.8) is 0 Å². The van der Waals surface area contributed by atoms with E-state index in [-0.39, 0.29) is 11.8 Å². The third-order valence-electron chi connectivity index (χ3n) is 13.1. The number of para-hydroxylation sites is 1. The highest BCUT2D eigenvalue weighted by Crippen LogP contribution is 2.49. The Bertz CT molecular complexity index is 3730. The van der Waals surface area contributed by atoms with Crippen LogP contribution in [0.1, 0.15) is 11.1 Å². The average Bonchev–Trinajstić information content (AvgIpc) is 3.89. The molecule has 2 aliphatic carbocycles. The van der Waals surface area contributed by atoms with E-state index in [1.165, 1.54) is 102 Å². The van der Waals surface area contributed by atoms with Crippen molar-refractivity contribution in [2.75, 3.05) is 0 Å². The molecule has 1 nitrogen and oxygen atoms in total. The van der Waals surface area contributed by atoms with Gasteiger partial charge in [-0.25, -0.2) is 0 Å². The second-order valence-electron chi connectivity index (χ2n) is 16.2. The van der Waals surface area contributed by atoms with Gasteiger partial charge >= 0.3 is 0 Å². The maximum absolute atomic E-state index is 6.43. The van der Waals surface area contributed by atoms with E-state index in [2.05, 4.69) is 206 Å². The van der Waals surface area contributed by atoms with Crippen molar-refractivity contribution in [2.45, 2.75) is 0 Å². The van der Waals surface area contributed by atoms with E-state index in [0.717, 1.165) is 16.6 Å². The SMILES string of the molecule is C1=CC2C(c3cccc4c3sc3cc(-c5c6ccccc6c(-c6ccccc6)c6ccccc56)ccc34)=c3ccccc3=C(c3cccc4oc5ccccc5c34)C2C=C1. The van der Waals surface area contributed by atoms with Crippen LogP contribution in [0, 0.1) is 11.8 Å². The normalized spacial score (nSPS) is 16.1. The molecule has 0 fully saturated rings. The molecule has 2 heteroatoms. The fourth-order valence-electron chi connectivity index (χ4n) is 10.6. The number of rotatable bonds is 4. The Morgan fingerprint density at radius 1 is 0.383 bits per heavy atom. The molecule has 0 aliphatic heterocycles. The molecule has 280 valence electrons. The highest BCUT2D eigenvalue weighted by atomic mass is 32.1. The van der Waals surface area contributed by atoms with Gasteiger partial charge in [0.15, 0.2) is 0 Å². The molecule has 0 amide bonds. The maximum Gasteiger partial charge on any atom is 0.136 e. The minimum atomic E-state index is 0.163. The number of hydrogen-bond donors (Lipinski definition) is 0. The lowest BCUT2D eigenvalue weighted by Gasteiger charge is -2.33. The highest BCUT2D eigenvalue weighted by molar-refractivity contribution is 7.26. The Morgan fingerprint density at radius 2 is 0.917 bits per heavy atom. The molecule has 2 atom stereocenters. The molecule has 9 aromatic carbocycles. The smallest absolute Gasteiger partial charge is 0.136 e. The van der Waals surface area contributed by atoms with Crippen LogP contribution in [0.4, 0.5) is 0 Å². The van der Waals surface area contributed by atoms with Gasteiger partial charge in [-0.15, -0.1) is 11.3 Å². The summed E-state index contributed by atoms with van der Waals surface area (Å²) >= 11 is 1.94. The molecule has 11 aromatic rings. The topological polar surface area (TPSA) is 13.1 Å². The molecule has 0 spiro atoms. The van der Waals surface area contributed by atoms with Crippen LogP contribution in [-0.4, -0.2) is 0 Å². The first-order valence-electron chi connectivity index (χ1n) is 20.8. The Kier molecular flexibility index (Phi) is 7.37. The number of allylic oxidation sites excluding steroid dienone is 4. The van der Waals surface area contributed by atoms with Gasteiger partial charge in [-0.2, -0.15) is 0 Å². The lowest BCUT2D eigenvalue weighted by atomic mass is 9.69. The van der Waals surface area contributed by atoms with Crippen molar-refractivity contribution in [3.8, 4) is 22.3 Å². The molecular formula is C58H36OS. The fraction of sp³-hybridized carbons (Fsp3) is 0.0345. The second-order valence-corrected chi connectivity index (χ2v) is 17.2. The van der Waals surface area contributed by atoms with Crippen LogP contribution >= 0.6 is 11.3 Å². The zero-order valence-corrected chi connectivity index (χ0v) is 33.4. The van der Waals surface area contributed by atoms with Crippen molar-refractivity contribution in [1.29, 1.82) is 0 Å². The van der Waals surface area contributed by atoms with E-state index >= 15 is 0 Å². The third kappa shape index (κ3) is 4.86. The number of benzene rings is 9. The van der Waals surface area contributed by atoms with Crippen LogP contribution < -0.4 is 10.4 Å². The number of fused-ring (bicyclic) bond motifs is 10. The van der Waals surface area contributed by atoms with E-state index in [1.807, 2.05) is 11.3 Å². The van der Waals surface area contributed by atoms with Gasteiger partial charge in [0, 0.05) is 42.8 Å². The molecule has 0 saturated carbocycles. The summed E-state index contributed by atoms with van der Waals surface area (Å²) in [5.41, 5.74) is 12.3. The van der Waals surface area contributed by atoms with Crippen LogP contribution in [0.15, 0.2) is 211 Å². The Morgan fingerprint density at radius 3 is 1.62 bits per heavy atom. The molecule has 60 heavy (non-hydrogen) atoms. The standard InChI is InChI=1S/C58H36OS/c1-2-16-35(17-3-1)53-38-18-4-6-20-40(38)54(41-21-7-5-19-39(41)53)36-32-33-37-46-27-14-29-49(58(46)60-52(37)34-36)56-44-24-10-8-22-42(44)55(43-23-9-11-25-45(43)56)48-28-15-31-51-57(48)47-26-12-13-30-50(47)59-51/h1-34,42,44H. The van der Waals surface area contributed by atoms with Gasteiger partial charge in [-0.3, -0.25) is 0 Å². The van der Waals surface area contributed by atoms with E-state index in [4.69, 9.17) is 4.42 Å². The van der Waals surface area contributed by atoms with Gasteiger partial charge < -0.3 is 4.42 Å². The predicted octanol–water partition coefficient (Wildman–Crippen LogP) is 14.4. The lowest BCUT2D eigenvalue weighted by molar-refractivity contribution is 0.668. The van der Waals surface area contributed by atoms with Crippen LogP contribution in [0.5, 0.6) is 0 Å². The average molecular weight is 781 g/mol. The Labute approximate surface area is 350 Å². The molecule has 2 unspecified atom stereocenters. The zero-order chi connectivity index (χ0) is 39.3. The fourth-order valence-corrected chi connectivity index (χ4v) is 11.9. The predicted molar refractivity (Wildman–Crippen MR) is 255 cm³/mol. The minimum Gasteiger partial charge on any atom is -0.456 e. The first-order chi connectivity index (χ1) is 29.8. The van der Waals surface area contributed by atoms with Crippen molar-refractivity contribution in [3.05, 3.63) is 228 Å². The van der Waals surface area contributed by atoms with Gasteiger partial charge in [-0.05, 0) is 94.7 Å². The summed E-state index contributed by atoms with van der Waals surface area (Å²) in [6.45, 7) is 0. The minimum absolute atomic E-state index is 0.163. The summed E-state index contributed by atoms with van der Waals surface area (Å²) in [5.74, 6) is 0.330. The van der Waals surface area contributed by atoms with Crippen LogP contribution in [0.2, 0.25) is 0 Å². The van der Waals surface area contributed by atoms with Crippen molar-refractivity contribution < 1.29 is 4.42 Å². The quantitative estimate of drug-likeness (QED) is 0.162. The van der Waals surface area contributed by atoms with E-state index < -0.39 is 0 Å². The molecule has 0 N–H and O–H groups in total. The summed E-state index contributed by atoms with van der Waals surface area (Å²) in [7, 11) is 0. The van der Waals surface area contributed by atoms with Gasteiger partial charge in [0.2, 0.25) is 0 Å². The van der Waals surface area contributed by atoms with Crippen molar-refractivity contribution >= 4 is 86.1 Å². The van der Waals surface area contributed by atoms with Crippen LogP contribution in [0.25, 0.3) is 97.1 Å². The summed E-state index contributed by atoms with van der Waals surface area (Å²) in [6.07, 6.45) is 9.34. The third-order valence-corrected chi connectivity index (χ3v) is 14.3. The molecule has 2 aliphatic rings. The van der Waals surface area contributed by atoms with Gasteiger partial charge in [0.05, 0.1) is 0 Å². The first kappa shape index (κ1) is 33.7. The Hall–Kier alpha value is -7.26. The molecule has 0 bridgehead atoms.